The molecule has 30 heavy (non-hydrogen) atoms. The van der Waals surface area contributed by atoms with Crippen LogP contribution in [0.1, 0.15) is 43.2 Å². The van der Waals surface area contributed by atoms with Gasteiger partial charge in [0.05, 0.1) is 5.56 Å². The van der Waals surface area contributed by atoms with Gasteiger partial charge >= 0.3 is 6.18 Å². The molecule has 160 valence electrons. The van der Waals surface area contributed by atoms with Gasteiger partial charge in [-0.05, 0) is 36.6 Å². The molecular weight excluding hydrogens is 393 g/mol. The lowest BCUT2D eigenvalue weighted by Crippen LogP contribution is -2.47. The molecule has 2 amide bonds. The molecular formula is C23H25F3N2O2. The number of alkyl halides is 3. The van der Waals surface area contributed by atoms with Gasteiger partial charge in [0.15, 0.2) is 0 Å². The Morgan fingerprint density at radius 2 is 1.67 bits per heavy atom. The first kappa shape index (κ1) is 21.9. The van der Waals surface area contributed by atoms with Gasteiger partial charge in [0.1, 0.15) is 6.04 Å². The first-order chi connectivity index (χ1) is 14.3. The van der Waals surface area contributed by atoms with Gasteiger partial charge in [-0.2, -0.15) is 13.2 Å². The molecule has 2 N–H and O–H groups in total. The fourth-order valence-corrected chi connectivity index (χ4v) is 3.72. The van der Waals surface area contributed by atoms with Gasteiger partial charge in [0, 0.05) is 18.0 Å². The van der Waals surface area contributed by atoms with Crippen LogP contribution in [0.5, 0.6) is 0 Å². The van der Waals surface area contributed by atoms with E-state index in [1.807, 2.05) is 30.3 Å². The van der Waals surface area contributed by atoms with Crippen LogP contribution in [0.25, 0.3) is 0 Å². The Balaban J connectivity index is 1.75. The number of hydrogen-bond donors (Lipinski definition) is 2. The van der Waals surface area contributed by atoms with Gasteiger partial charge in [-0.3, -0.25) is 9.59 Å². The molecule has 1 saturated carbocycles. The second-order valence-corrected chi connectivity index (χ2v) is 7.65. The van der Waals surface area contributed by atoms with Crippen molar-refractivity contribution in [2.75, 3.05) is 5.32 Å². The Hall–Kier alpha value is -2.83. The van der Waals surface area contributed by atoms with Crippen LogP contribution in [0, 0.1) is 5.92 Å². The van der Waals surface area contributed by atoms with Crippen LogP contribution in [-0.2, 0) is 22.2 Å². The molecule has 7 heteroatoms. The number of hydrogen-bond acceptors (Lipinski definition) is 2. The van der Waals surface area contributed by atoms with Crippen LogP contribution in [0.15, 0.2) is 54.6 Å². The van der Waals surface area contributed by atoms with E-state index < -0.39 is 23.7 Å². The maximum Gasteiger partial charge on any atom is 0.416 e. The molecule has 0 saturated heterocycles. The SMILES string of the molecule is O=C(N[C@H](Cc1ccccc1)C(=O)Nc1cccc(C(F)(F)F)c1)C1CCCCC1. The van der Waals surface area contributed by atoms with Gasteiger partial charge in [-0.1, -0.05) is 55.7 Å². The number of anilines is 1. The summed E-state index contributed by atoms with van der Waals surface area (Å²) in [6.07, 6.45) is 0.407. The third-order valence-corrected chi connectivity index (χ3v) is 5.35. The fourth-order valence-electron chi connectivity index (χ4n) is 3.72. The van der Waals surface area contributed by atoms with Crippen LogP contribution < -0.4 is 10.6 Å². The maximum atomic E-state index is 13.0. The smallest absolute Gasteiger partial charge is 0.344 e. The predicted molar refractivity (Wildman–Crippen MR) is 109 cm³/mol. The van der Waals surface area contributed by atoms with Gasteiger partial charge < -0.3 is 10.6 Å². The van der Waals surface area contributed by atoms with E-state index in [-0.39, 0.29) is 23.9 Å². The van der Waals surface area contributed by atoms with Crippen molar-refractivity contribution in [2.24, 2.45) is 5.92 Å². The highest BCUT2D eigenvalue weighted by Gasteiger charge is 2.31. The molecule has 0 heterocycles. The molecule has 0 unspecified atom stereocenters. The zero-order valence-corrected chi connectivity index (χ0v) is 16.5. The van der Waals surface area contributed by atoms with Crippen molar-refractivity contribution in [1.29, 1.82) is 0 Å². The Bertz CT molecular complexity index is 862. The third kappa shape index (κ3) is 6.08. The van der Waals surface area contributed by atoms with Gasteiger partial charge in [0.25, 0.3) is 0 Å². The summed E-state index contributed by atoms with van der Waals surface area (Å²) in [7, 11) is 0. The van der Waals surface area contributed by atoms with Crippen molar-refractivity contribution in [1.82, 2.24) is 5.32 Å². The number of amides is 2. The van der Waals surface area contributed by atoms with Crippen molar-refractivity contribution in [3.05, 3.63) is 65.7 Å². The lowest BCUT2D eigenvalue weighted by molar-refractivity contribution is -0.137. The topological polar surface area (TPSA) is 58.2 Å². The number of rotatable bonds is 6. The first-order valence-corrected chi connectivity index (χ1v) is 10.2. The molecule has 2 aromatic rings. The van der Waals surface area contributed by atoms with E-state index in [4.69, 9.17) is 0 Å². The largest absolute Gasteiger partial charge is 0.416 e. The van der Waals surface area contributed by atoms with Crippen LogP contribution in [0.3, 0.4) is 0 Å². The third-order valence-electron chi connectivity index (χ3n) is 5.35. The summed E-state index contributed by atoms with van der Waals surface area (Å²) < 4.78 is 38.9. The van der Waals surface area contributed by atoms with Gasteiger partial charge in [-0.15, -0.1) is 0 Å². The number of nitrogens with one attached hydrogen (secondary N) is 2. The van der Waals surface area contributed by atoms with Crippen molar-refractivity contribution < 1.29 is 22.8 Å². The Morgan fingerprint density at radius 1 is 0.967 bits per heavy atom. The predicted octanol–water partition coefficient (Wildman–Crippen LogP) is 4.95. The molecule has 3 rings (SSSR count). The zero-order valence-electron chi connectivity index (χ0n) is 16.5. The molecule has 0 radical (unpaired) electrons. The molecule has 1 aliphatic carbocycles. The number of benzene rings is 2. The first-order valence-electron chi connectivity index (χ1n) is 10.2. The molecule has 0 aromatic heterocycles. The Labute approximate surface area is 173 Å². The highest BCUT2D eigenvalue weighted by molar-refractivity contribution is 5.97. The van der Waals surface area contributed by atoms with E-state index in [2.05, 4.69) is 10.6 Å². The van der Waals surface area contributed by atoms with Crippen LogP contribution in [0.4, 0.5) is 18.9 Å². The molecule has 0 aliphatic heterocycles. The van der Waals surface area contributed by atoms with Gasteiger partial charge in [-0.25, -0.2) is 0 Å². The minimum atomic E-state index is -4.50. The van der Waals surface area contributed by atoms with Crippen LogP contribution in [0.2, 0.25) is 0 Å². The lowest BCUT2D eigenvalue weighted by Gasteiger charge is -2.25. The second kappa shape index (κ2) is 9.78. The number of carbonyl (C=O) groups excluding carboxylic acids is 2. The molecule has 0 bridgehead atoms. The standard InChI is InChI=1S/C23H25F3N2O2/c24-23(25,26)18-12-7-13-19(15-18)27-22(30)20(14-16-8-3-1-4-9-16)28-21(29)17-10-5-2-6-11-17/h1,3-4,7-9,12-13,15,17,20H,2,5-6,10-11,14H2,(H,27,30)(H,28,29)/t20-/m1/s1. The molecule has 0 spiro atoms. The average Bonchev–Trinajstić information content (AvgIpc) is 2.74. The minimum Gasteiger partial charge on any atom is -0.344 e. The molecule has 4 nitrogen and oxygen atoms in total. The average molecular weight is 418 g/mol. The van der Waals surface area contributed by atoms with E-state index in [1.54, 1.807) is 0 Å². The fraction of sp³-hybridized carbons (Fsp3) is 0.391. The van der Waals surface area contributed by atoms with E-state index in [9.17, 15) is 22.8 Å². The highest BCUT2D eigenvalue weighted by Crippen LogP contribution is 2.30. The molecule has 2 aromatic carbocycles. The van der Waals surface area contributed by atoms with Crippen molar-refractivity contribution in [2.45, 2.75) is 50.7 Å². The highest BCUT2D eigenvalue weighted by atomic mass is 19.4. The monoisotopic (exact) mass is 418 g/mol. The Morgan fingerprint density at radius 3 is 2.33 bits per heavy atom. The van der Waals surface area contributed by atoms with E-state index in [1.165, 1.54) is 12.1 Å². The summed E-state index contributed by atoms with van der Waals surface area (Å²) >= 11 is 0. The number of carbonyl (C=O) groups is 2. The summed E-state index contributed by atoms with van der Waals surface area (Å²) in [6.45, 7) is 0. The molecule has 1 fully saturated rings. The zero-order chi connectivity index (χ0) is 21.6. The molecule has 1 aliphatic rings. The van der Waals surface area contributed by atoms with E-state index >= 15 is 0 Å². The number of halogens is 3. The van der Waals surface area contributed by atoms with Gasteiger partial charge in [0.2, 0.25) is 11.8 Å². The van der Waals surface area contributed by atoms with Crippen LogP contribution >= 0.6 is 0 Å². The summed E-state index contributed by atoms with van der Waals surface area (Å²) in [4.78, 5) is 25.6. The quantitative estimate of drug-likeness (QED) is 0.697. The summed E-state index contributed by atoms with van der Waals surface area (Å²) in [5.74, 6) is -0.837. The van der Waals surface area contributed by atoms with E-state index in [0.717, 1.165) is 49.8 Å². The molecule has 1 atom stereocenters. The van der Waals surface area contributed by atoms with Crippen molar-refractivity contribution in [3.8, 4) is 0 Å². The van der Waals surface area contributed by atoms with Crippen molar-refractivity contribution >= 4 is 17.5 Å². The van der Waals surface area contributed by atoms with E-state index in [0.29, 0.717) is 0 Å². The Kier molecular flexibility index (Phi) is 7.13. The summed E-state index contributed by atoms with van der Waals surface area (Å²) in [5.41, 5.74) is 0.0524. The lowest BCUT2D eigenvalue weighted by atomic mass is 9.88. The maximum absolute atomic E-state index is 13.0. The summed E-state index contributed by atoms with van der Waals surface area (Å²) in [5, 5.41) is 5.36. The normalized spacial score (nSPS) is 16.0. The van der Waals surface area contributed by atoms with Crippen LogP contribution in [-0.4, -0.2) is 17.9 Å². The second-order valence-electron chi connectivity index (χ2n) is 7.65. The minimum absolute atomic E-state index is 0.0415. The van der Waals surface area contributed by atoms with Crippen molar-refractivity contribution in [3.63, 3.8) is 0 Å². The summed E-state index contributed by atoms with van der Waals surface area (Å²) in [6, 6.07) is 12.8.